The summed E-state index contributed by atoms with van der Waals surface area (Å²) in [6.07, 6.45) is 0. The molecule has 0 unspecified atom stereocenters. The number of benzene rings is 2. The van der Waals surface area contributed by atoms with Crippen LogP contribution < -0.4 is 5.32 Å². The number of hydrogen-bond acceptors (Lipinski definition) is 1. The zero-order chi connectivity index (χ0) is 13.0. The summed E-state index contributed by atoms with van der Waals surface area (Å²) in [6, 6.07) is 16.9. The zero-order valence-corrected chi connectivity index (χ0v) is 10.8. The molecule has 0 bridgehead atoms. The molecule has 0 saturated carbocycles. The molecule has 0 amide bonds. The molecule has 0 spiro atoms. The summed E-state index contributed by atoms with van der Waals surface area (Å²) < 4.78 is 13.1. The number of rotatable bonds is 4. The lowest BCUT2D eigenvalue weighted by Crippen LogP contribution is -2.27. The van der Waals surface area contributed by atoms with Crippen LogP contribution in [0.25, 0.3) is 0 Å². The Bertz CT molecular complexity index is 506. The summed E-state index contributed by atoms with van der Waals surface area (Å²) >= 11 is 0. The Morgan fingerprint density at radius 1 is 1.00 bits per heavy atom. The van der Waals surface area contributed by atoms with Gasteiger partial charge in [-0.3, -0.25) is 0 Å². The minimum absolute atomic E-state index is 0.00752. The predicted octanol–water partition coefficient (Wildman–Crippen LogP) is 4.22. The fourth-order valence-corrected chi connectivity index (χ4v) is 1.91. The third kappa shape index (κ3) is 3.10. The Labute approximate surface area is 108 Å². The quantitative estimate of drug-likeness (QED) is 0.848. The molecule has 0 saturated heterocycles. The van der Waals surface area contributed by atoms with Gasteiger partial charge >= 0.3 is 0 Å². The first-order valence-electron chi connectivity index (χ1n) is 6.13. The van der Waals surface area contributed by atoms with E-state index in [1.54, 1.807) is 6.07 Å². The van der Waals surface area contributed by atoms with Crippen molar-refractivity contribution in [3.8, 4) is 0 Å². The van der Waals surface area contributed by atoms with Crippen molar-refractivity contribution < 1.29 is 4.39 Å². The molecule has 0 aliphatic carbocycles. The van der Waals surface area contributed by atoms with E-state index in [-0.39, 0.29) is 11.2 Å². The highest BCUT2D eigenvalue weighted by Gasteiger charge is 2.19. The molecule has 0 atom stereocenters. The molecular formula is C16H18FN. The molecule has 0 aliphatic heterocycles. The summed E-state index contributed by atoms with van der Waals surface area (Å²) in [4.78, 5) is 0. The molecule has 0 aliphatic rings. The van der Waals surface area contributed by atoms with Gasteiger partial charge < -0.3 is 5.32 Å². The highest BCUT2D eigenvalue weighted by Crippen LogP contribution is 2.23. The van der Waals surface area contributed by atoms with Gasteiger partial charge in [0, 0.05) is 17.6 Å². The normalized spacial score (nSPS) is 11.3. The maximum Gasteiger partial charge on any atom is 0.125 e. The van der Waals surface area contributed by atoms with Gasteiger partial charge in [-0.1, -0.05) is 50.2 Å². The highest BCUT2D eigenvalue weighted by atomic mass is 19.1. The second kappa shape index (κ2) is 5.21. The van der Waals surface area contributed by atoms with Crippen molar-refractivity contribution in [2.45, 2.75) is 19.3 Å². The second-order valence-corrected chi connectivity index (χ2v) is 5.11. The molecule has 94 valence electrons. The lowest BCUT2D eigenvalue weighted by Gasteiger charge is -2.26. The molecule has 0 aromatic heterocycles. The van der Waals surface area contributed by atoms with Gasteiger partial charge in [-0.05, 0) is 23.8 Å². The standard InChI is InChI=1S/C16H18FN/c1-16(2,13-7-4-3-5-8-13)12-18-15-10-6-9-14(17)11-15/h3-11,18H,12H2,1-2H3. The van der Waals surface area contributed by atoms with E-state index in [0.29, 0.717) is 0 Å². The first-order chi connectivity index (χ1) is 8.58. The summed E-state index contributed by atoms with van der Waals surface area (Å²) in [5.41, 5.74) is 2.10. The molecule has 0 heterocycles. The van der Waals surface area contributed by atoms with Crippen LogP contribution in [0.4, 0.5) is 10.1 Å². The number of nitrogens with one attached hydrogen (secondary N) is 1. The molecule has 1 N–H and O–H groups in total. The van der Waals surface area contributed by atoms with Crippen LogP contribution in [0.3, 0.4) is 0 Å². The van der Waals surface area contributed by atoms with E-state index < -0.39 is 0 Å². The fourth-order valence-electron chi connectivity index (χ4n) is 1.91. The molecule has 2 aromatic rings. The van der Waals surface area contributed by atoms with Gasteiger partial charge in [0.15, 0.2) is 0 Å². The van der Waals surface area contributed by atoms with Gasteiger partial charge in [-0.2, -0.15) is 0 Å². The van der Waals surface area contributed by atoms with E-state index in [4.69, 9.17) is 0 Å². The van der Waals surface area contributed by atoms with Crippen molar-refractivity contribution in [1.82, 2.24) is 0 Å². The summed E-state index contributed by atoms with van der Waals surface area (Å²) in [5, 5.41) is 3.28. The number of hydrogen-bond donors (Lipinski definition) is 1. The summed E-state index contributed by atoms with van der Waals surface area (Å²) in [6.45, 7) is 5.11. The van der Waals surface area contributed by atoms with Crippen LogP contribution in [0.5, 0.6) is 0 Å². The van der Waals surface area contributed by atoms with Gasteiger partial charge in [0.1, 0.15) is 5.82 Å². The van der Waals surface area contributed by atoms with Crippen LogP contribution >= 0.6 is 0 Å². The summed E-state index contributed by atoms with van der Waals surface area (Å²) in [5.74, 6) is -0.211. The predicted molar refractivity (Wildman–Crippen MR) is 74.4 cm³/mol. The molecule has 0 fully saturated rings. The highest BCUT2D eigenvalue weighted by molar-refractivity contribution is 5.44. The van der Waals surface area contributed by atoms with Crippen LogP contribution in [0, 0.1) is 5.82 Å². The molecule has 18 heavy (non-hydrogen) atoms. The van der Waals surface area contributed by atoms with E-state index in [2.05, 4.69) is 31.3 Å². The molecule has 2 heteroatoms. The molecule has 1 nitrogen and oxygen atoms in total. The minimum Gasteiger partial charge on any atom is -0.384 e. The lowest BCUT2D eigenvalue weighted by atomic mass is 9.84. The van der Waals surface area contributed by atoms with Crippen LogP contribution in [-0.4, -0.2) is 6.54 Å². The molecule has 2 rings (SSSR count). The van der Waals surface area contributed by atoms with Gasteiger partial charge in [-0.15, -0.1) is 0 Å². The largest absolute Gasteiger partial charge is 0.384 e. The van der Waals surface area contributed by atoms with Crippen molar-refractivity contribution in [3.63, 3.8) is 0 Å². The molecular weight excluding hydrogens is 225 g/mol. The monoisotopic (exact) mass is 243 g/mol. The zero-order valence-electron chi connectivity index (χ0n) is 10.8. The maximum atomic E-state index is 13.1. The average Bonchev–Trinajstić information content (AvgIpc) is 2.38. The first-order valence-corrected chi connectivity index (χ1v) is 6.13. The van der Waals surface area contributed by atoms with Crippen molar-refractivity contribution in [2.75, 3.05) is 11.9 Å². The van der Waals surface area contributed by atoms with Gasteiger partial charge in [-0.25, -0.2) is 4.39 Å². The van der Waals surface area contributed by atoms with Crippen molar-refractivity contribution in [2.24, 2.45) is 0 Å². The van der Waals surface area contributed by atoms with E-state index in [0.717, 1.165) is 12.2 Å². The van der Waals surface area contributed by atoms with E-state index >= 15 is 0 Å². The van der Waals surface area contributed by atoms with E-state index in [1.807, 2.05) is 24.3 Å². The molecule has 0 radical (unpaired) electrons. The average molecular weight is 243 g/mol. The fraction of sp³-hybridized carbons (Fsp3) is 0.250. The Hall–Kier alpha value is -1.83. The van der Waals surface area contributed by atoms with Crippen molar-refractivity contribution >= 4 is 5.69 Å². The van der Waals surface area contributed by atoms with Crippen LogP contribution in [0.1, 0.15) is 19.4 Å². The van der Waals surface area contributed by atoms with Crippen LogP contribution in [0.15, 0.2) is 54.6 Å². The van der Waals surface area contributed by atoms with Crippen LogP contribution in [0.2, 0.25) is 0 Å². The Balaban J connectivity index is 2.05. The van der Waals surface area contributed by atoms with E-state index in [9.17, 15) is 4.39 Å². The van der Waals surface area contributed by atoms with Crippen molar-refractivity contribution in [1.29, 1.82) is 0 Å². The number of halogens is 1. The SMILES string of the molecule is CC(C)(CNc1cccc(F)c1)c1ccccc1. The van der Waals surface area contributed by atoms with Gasteiger partial charge in [0.05, 0.1) is 0 Å². The van der Waals surface area contributed by atoms with Crippen LogP contribution in [-0.2, 0) is 5.41 Å². The van der Waals surface area contributed by atoms with Gasteiger partial charge in [0.25, 0.3) is 0 Å². The van der Waals surface area contributed by atoms with Gasteiger partial charge in [0.2, 0.25) is 0 Å². The Kier molecular flexibility index (Phi) is 3.66. The second-order valence-electron chi connectivity index (χ2n) is 5.11. The van der Waals surface area contributed by atoms with E-state index in [1.165, 1.54) is 17.7 Å². The van der Waals surface area contributed by atoms with Crippen molar-refractivity contribution in [3.05, 3.63) is 66.0 Å². The Morgan fingerprint density at radius 3 is 2.39 bits per heavy atom. The smallest absolute Gasteiger partial charge is 0.125 e. The summed E-state index contributed by atoms with van der Waals surface area (Å²) in [7, 11) is 0. The lowest BCUT2D eigenvalue weighted by molar-refractivity contribution is 0.556. The topological polar surface area (TPSA) is 12.0 Å². The first kappa shape index (κ1) is 12.6. The maximum absolute atomic E-state index is 13.1. The third-order valence-electron chi connectivity index (χ3n) is 3.11. The molecule has 2 aromatic carbocycles. The third-order valence-corrected chi connectivity index (χ3v) is 3.11. The number of anilines is 1. The minimum atomic E-state index is -0.211. The Morgan fingerprint density at radius 2 is 1.72 bits per heavy atom.